The monoisotopic (exact) mass is 345 g/mol. The van der Waals surface area contributed by atoms with E-state index in [1.54, 1.807) is 0 Å². The largest absolute Gasteiger partial charge is 0.406 e. The number of hydrogen-bond donors (Lipinski definition) is 1. The van der Waals surface area contributed by atoms with E-state index in [0.717, 1.165) is 4.90 Å². The van der Waals surface area contributed by atoms with E-state index in [-0.39, 0.29) is 54.4 Å². The van der Waals surface area contributed by atoms with Gasteiger partial charge in [-0.15, -0.1) is 5.10 Å². The SMILES string of the molecule is O=C(Nc1nnc(CN2C(=O)CCC2=O)o1)c1ccc([N+](=O)[O-])cc1. The van der Waals surface area contributed by atoms with Crippen molar-refractivity contribution < 1.29 is 23.7 Å². The summed E-state index contributed by atoms with van der Waals surface area (Å²) in [7, 11) is 0. The molecule has 3 amide bonds. The Bertz CT molecular complexity index is 843. The quantitative estimate of drug-likeness (QED) is 0.477. The first-order valence-corrected chi connectivity index (χ1v) is 7.15. The van der Waals surface area contributed by atoms with Crippen LogP contribution < -0.4 is 5.32 Å². The number of carbonyl (C=O) groups is 3. The summed E-state index contributed by atoms with van der Waals surface area (Å²) in [6, 6.07) is 4.74. The van der Waals surface area contributed by atoms with E-state index < -0.39 is 10.8 Å². The van der Waals surface area contributed by atoms with Crippen LogP contribution in [0.4, 0.5) is 11.7 Å². The molecule has 0 aliphatic carbocycles. The zero-order valence-electron chi connectivity index (χ0n) is 12.7. The summed E-state index contributed by atoms with van der Waals surface area (Å²) in [5, 5.41) is 20.2. The van der Waals surface area contributed by atoms with E-state index in [4.69, 9.17) is 4.42 Å². The van der Waals surface area contributed by atoms with Crippen LogP contribution in [0.25, 0.3) is 0 Å². The summed E-state index contributed by atoms with van der Waals surface area (Å²) < 4.78 is 5.19. The number of nitro groups is 1. The lowest BCUT2D eigenvalue weighted by Crippen LogP contribution is -2.28. The molecule has 0 bridgehead atoms. The van der Waals surface area contributed by atoms with E-state index in [0.29, 0.717) is 0 Å². The van der Waals surface area contributed by atoms with Crippen molar-refractivity contribution in [2.75, 3.05) is 5.32 Å². The first-order valence-electron chi connectivity index (χ1n) is 7.15. The summed E-state index contributed by atoms with van der Waals surface area (Å²) >= 11 is 0. The number of aromatic nitrogens is 2. The number of non-ortho nitro benzene ring substituents is 1. The van der Waals surface area contributed by atoms with Crippen LogP contribution in [-0.4, -0.2) is 37.7 Å². The fraction of sp³-hybridized carbons (Fsp3) is 0.214. The third-order valence-corrected chi connectivity index (χ3v) is 3.48. The van der Waals surface area contributed by atoms with Crippen molar-refractivity contribution in [2.24, 2.45) is 0 Å². The van der Waals surface area contributed by atoms with Gasteiger partial charge in [-0.25, -0.2) is 0 Å². The van der Waals surface area contributed by atoms with Crippen LogP contribution in [0, 0.1) is 10.1 Å². The highest BCUT2D eigenvalue weighted by Gasteiger charge is 2.30. The third-order valence-electron chi connectivity index (χ3n) is 3.48. The predicted octanol–water partition coefficient (Wildman–Crippen LogP) is 0.879. The lowest BCUT2D eigenvalue weighted by Gasteiger charge is -2.09. The topological polar surface area (TPSA) is 149 Å². The summed E-state index contributed by atoms with van der Waals surface area (Å²) in [4.78, 5) is 46.1. The van der Waals surface area contributed by atoms with Gasteiger partial charge in [-0.2, -0.15) is 0 Å². The maximum absolute atomic E-state index is 12.0. The van der Waals surface area contributed by atoms with Crippen molar-refractivity contribution >= 4 is 29.4 Å². The minimum Gasteiger partial charge on any atom is -0.406 e. The minimum absolute atomic E-state index is 0.00241. The van der Waals surface area contributed by atoms with Crippen LogP contribution in [0.15, 0.2) is 28.7 Å². The number of likely N-dealkylation sites (tertiary alicyclic amines) is 1. The standard InChI is InChI=1S/C14H11N5O6/c20-11-5-6-12(21)18(11)7-10-16-17-14(25-10)15-13(22)8-1-3-9(4-2-8)19(23)24/h1-4H,5-7H2,(H,15,17,22). The number of anilines is 1. The molecule has 1 fully saturated rings. The summed E-state index contributed by atoms with van der Waals surface area (Å²) in [6.45, 7) is -0.155. The number of carbonyl (C=O) groups excluding carboxylic acids is 3. The van der Waals surface area contributed by atoms with Crippen LogP contribution in [0.5, 0.6) is 0 Å². The van der Waals surface area contributed by atoms with Crippen LogP contribution in [0.2, 0.25) is 0 Å². The van der Waals surface area contributed by atoms with Gasteiger partial charge >= 0.3 is 6.01 Å². The molecule has 0 saturated carbocycles. The number of rotatable bonds is 5. The summed E-state index contributed by atoms with van der Waals surface area (Å²) in [5.41, 5.74) is 0.0202. The maximum atomic E-state index is 12.0. The second-order valence-corrected chi connectivity index (χ2v) is 5.13. The molecule has 1 aromatic heterocycles. The molecule has 11 nitrogen and oxygen atoms in total. The normalized spacial score (nSPS) is 14.0. The molecular weight excluding hydrogens is 334 g/mol. The summed E-state index contributed by atoms with van der Waals surface area (Å²) in [6.07, 6.45) is 0.299. The highest BCUT2D eigenvalue weighted by Crippen LogP contribution is 2.17. The number of nitro benzene ring substituents is 1. The Labute approximate surface area is 139 Å². The molecule has 3 rings (SSSR count). The van der Waals surface area contributed by atoms with Gasteiger partial charge in [-0.05, 0) is 12.1 Å². The second-order valence-electron chi connectivity index (χ2n) is 5.13. The molecule has 0 spiro atoms. The predicted molar refractivity (Wildman–Crippen MR) is 80.1 cm³/mol. The molecule has 0 unspecified atom stereocenters. The highest BCUT2D eigenvalue weighted by atomic mass is 16.6. The lowest BCUT2D eigenvalue weighted by atomic mass is 10.2. The Hall–Kier alpha value is -3.63. The molecule has 1 saturated heterocycles. The summed E-state index contributed by atoms with van der Waals surface area (Å²) in [5.74, 6) is -1.24. The molecular formula is C14H11N5O6. The lowest BCUT2D eigenvalue weighted by molar-refractivity contribution is -0.384. The highest BCUT2D eigenvalue weighted by molar-refractivity contribution is 6.03. The molecule has 2 heterocycles. The van der Waals surface area contributed by atoms with E-state index in [2.05, 4.69) is 15.5 Å². The van der Waals surface area contributed by atoms with E-state index >= 15 is 0 Å². The van der Waals surface area contributed by atoms with Crippen LogP contribution >= 0.6 is 0 Å². The number of nitrogens with one attached hydrogen (secondary N) is 1. The third kappa shape index (κ3) is 3.49. The fourth-order valence-corrected chi connectivity index (χ4v) is 2.21. The number of hydrogen-bond acceptors (Lipinski definition) is 8. The van der Waals surface area contributed by atoms with Gasteiger partial charge in [0.25, 0.3) is 11.6 Å². The second kappa shape index (κ2) is 6.47. The van der Waals surface area contributed by atoms with Gasteiger partial charge in [0.1, 0.15) is 6.54 Å². The first kappa shape index (κ1) is 16.2. The first-order chi connectivity index (χ1) is 11.9. The van der Waals surface area contributed by atoms with Gasteiger partial charge in [0.15, 0.2) is 0 Å². The van der Waals surface area contributed by atoms with E-state index in [1.165, 1.54) is 24.3 Å². The zero-order valence-corrected chi connectivity index (χ0v) is 12.7. The molecule has 25 heavy (non-hydrogen) atoms. The Morgan fingerprint density at radius 1 is 1.20 bits per heavy atom. The van der Waals surface area contributed by atoms with E-state index in [1.807, 2.05) is 0 Å². The molecule has 2 aromatic rings. The van der Waals surface area contributed by atoms with Gasteiger partial charge in [-0.1, -0.05) is 5.10 Å². The van der Waals surface area contributed by atoms with Crippen LogP contribution in [0.3, 0.4) is 0 Å². The zero-order chi connectivity index (χ0) is 18.0. The van der Waals surface area contributed by atoms with Gasteiger partial charge in [0, 0.05) is 30.5 Å². The molecule has 0 atom stereocenters. The molecule has 11 heteroatoms. The fourth-order valence-electron chi connectivity index (χ4n) is 2.21. The van der Waals surface area contributed by atoms with Crippen molar-refractivity contribution in [1.29, 1.82) is 0 Å². The van der Waals surface area contributed by atoms with Crippen LogP contribution in [0.1, 0.15) is 29.1 Å². The Morgan fingerprint density at radius 3 is 2.44 bits per heavy atom. The minimum atomic E-state index is -0.599. The number of amides is 3. The van der Waals surface area contributed by atoms with Crippen molar-refractivity contribution in [3.63, 3.8) is 0 Å². The van der Waals surface area contributed by atoms with Crippen LogP contribution in [-0.2, 0) is 16.1 Å². The molecule has 0 radical (unpaired) electrons. The maximum Gasteiger partial charge on any atom is 0.322 e. The molecule has 1 aromatic carbocycles. The molecule has 1 aliphatic heterocycles. The van der Waals surface area contributed by atoms with Gasteiger partial charge in [0.2, 0.25) is 17.7 Å². The van der Waals surface area contributed by atoms with E-state index in [9.17, 15) is 24.5 Å². The van der Waals surface area contributed by atoms with Crippen molar-refractivity contribution in [1.82, 2.24) is 15.1 Å². The average molecular weight is 345 g/mol. The Kier molecular flexibility index (Phi) is 4.20. The van der Waals surface area contributed by atoms with Crippen molar-refractivity contribution in [3.8, 4) is 0 Å². The number of nitrogens with zero attached hydrogens (tertiary/aromatic N) is 4. The molecule has 1 N–H and O–H groups in total. The van der Waals surface area contributed by atoms with Gasteiger partial charge < -0.3 is 4.42 Å². The molecule has 1 aliphatic rings. The van der Waals surface area contributed by atoms with Crippen molar-refractivity contribution in [3.05, 3.63) is 45.8 Å². The Morgan fingerprint density at radius 2 is 1.84 bits per heavy atom. The Balaban J connectivity index is 1.64. The smallest absolute Gasteiger partial charge is 0.322 e. The number of benzene rings is 1. The number of imide groups is 1. The van der Waals surface area contributed by atoms with Gasteiger partial charge in [-0.3, -0.25) is 34.7 Å². The van der Waals surface area contributed by atoms with Crippen molar-refractivity contribution in [2.45, 2.75) is 19.4 Å². The van der Waals surface area contributed by atoms with Gasteiger partial charge in [0.05, 0.1) is 4.92 Å². The average Bonchev–Trinajstić information content (AvgIpc) is 3.16. The molecule has 128 valence electrons.